The number of fused-ring (bicyclic) bond motifs is 1. The third-order valence-corrected chi connectivity index (χ3v) is 4.10. The van der Waals surface area contributed by atoms with E-state index in [-0.39, 0.29) is 17.0 Å². The monoisotopic (exact) mass is 256 g/mol. The predicted molar refractivity (Wildman–Crippen MR) is 68.5 cm³/mol. The number of methoxy groups -OCH3 is 1. The van der Waals surface area contributed by atoms with Crippen molar-refractivity contribution in [3.05, 3.63) is 0 Å². The Bertz CT molecular complexity index is 340. The quantitative estimate of drug-likeness (QED) is 0.798. The van der Waals surface area contributed by atoms with Crippen LogP contribution in [-0.4, -0.2) is 44.0 Å². The molecule has 1 unspecified atom stereocenters. The lowest BCUT2D eigenvalue weighted by Crippen LogP contribution is -2.68. The van der Waals surface area contributed by atoms with Gasteiger partial charge in [-0.25, -0.2) is 4.79 Å². The standard InChI is InChI=1S/C13H24N2O3/c1-11(2,3)18-10(16)15-13-6-5-12(13,9-17-4)7-14-8-13/h14H,5-9H2,1-4H3,(H,15,16)/t12-,13?/m1/s1. The Balaban J connectivity index is 2.02. The average Bonchev–Trinajstić information content (AvgIpc) is 2.42. The molecule has 5 heteroatoms. The summed E-state index contributed by atoms with van der Waals surface area (Å²) in [4.78, 5) is 11.9. The van der Waals surface area contributed by atoms with Crippen molar-refractivity contribution < 1.29 is 14.3 Å². The van der Waals surface area contributed by atoms with Crippen LogP contribution in [-0.2, 0) is 9.47 Å². The summed E-state index contributed by atoms with van der Waals surface area (Å²) in [5, 5.41) is 6.44. The summed E-state index contributed by atoms with van der Waals surface area (Å²) in [7, 11) is 1.71. The third-order valence-electron chi connectivity index (χ3n) is 4.10. The van der Waals surface area contributed by atoms with Crippen LogP contribution in [0.25, 0.3) is 0 Å². The number of ether oxygens (including phenoxy) is 2. The summed E-state index contributed by atoms with van der Waals surface area (Å²) < 4.78 is 10.7. The molecule has 0 radical (unpaired) electrons. The minimum Gasteiger partial charge on any atom is -0.444 e. The lowest BCUT2D eigenvalue weighted by Gasteiger charge is -2.54. The van der Waals surface area contributed by atoms with Crippen LogP contribution >= 0.6 is 0 Å². The maximum atomic E-state index is 11.9. The van der Waals surface area contributed by atoms with Gasteiger partial charge in [-0.2, -0.15) is 0 Å². The van der Waals surface area contributed by atoms with Gasteiger partial charge in [0.25, 0.3) is 0 Å². The van der Waals surface area contributed by atoms with Gasteiger partial charge < -0.3 is 20.1 Å². The molecule has 0 aromatic heterocycles. The summed E-state index contributed by atoms with van der Waals surface area (Å²) in [6.07, 6.45) is 1.75. The Morgan fingerprint density at radius 1 is 1.33 bits per heavy atom. The minimum absolute atomic E-state index is 0.0403. The van der Waals surface area contributed by atoms with Gasteiger partial charge in [0.15, 0.2) is 0 Å². The first-order valence-corrected chi connectivity index (χ1v) is 6.53. The molecule has 18 heavy (non-hydrogen) atoms. The van der Waals surface area contributed by atoms with E-state index < -0.39 is 5.60 Å². The zero-order valence-corrected chi connectivity index (χ0v) is 11.8. The van der Waals surface area contributed by atoms with Gasteiger partial charge in [0.2, 0.25) is 0 Å². The topological polar surface area (TPSA) is 59.6 Å². The van der Waals surface area contributed by atoms with E-state index in [1.807, 2.05) is 20.8 Å². The van der Waals surface area contributed by atoms with Gasteiger partial charge in [0, 0.05) is 25.6 Å². The van der Waals surface area contributed by atoms with E-state index in [1.54, 1.807) is 7.11 Å². The van der Waals surface area contributed by atoms with Crippen LogP contribution in [0.4, 0.5) is 4.79 Å². The van der Waals surface area contributed by atoms with E-state index >= 15 is 0 Å². The third kappa shape index (κ3) is 2.21. The Morgan fingerprint density at radius 3 is 2.56 bits per heavy atom. The number of amides is 1. The Labute approximate surface area is 109 Å². The fourth-order valence-corrected chi connectivity index (χ4v) is 3.10. The molecule has 1 saturated carbocycles. The molecule has 1 saturated heterocycles. The molecular formula is C13H24N2O3. The minimum atomic E-state index is -0.458. The Hall–Kier alpha value is -0.810. The van der Waals surface area contributed by atoms with Crippen LogP contribution in [0.2, 0.25) is 0 Å². The number of hydrogen-bond donors (Lipinski definition) is 2. The number of alkyl carbamates (subject to hydrolysis) is 1. The number of carbonyl (C=O) groups excluding carboxylic acids is 1. The summed E-state index contributed by atoms with van der Waals surface area (Å²) in [6, 6.07) is 0. The maximum Gasteiger partial charge on any atom is 0.408 e. The maximum absolute atomic E-state index is 11.9. The molecule has 2 rings (SSSR count). The zero-order chi connectivity index (χ0) is 13.4. The summed E-state index contributed by atoms with van der Waals surface area (Å²) in [6.45, 7) is 8.00. The number of nitrogens with one attached hydrogen (secondary N) is 2. The Morgan fingerprint density at radius 2 is 2.06 bits per heavy atom. The molecule has 2 aliphatic rings. The van der Waals surface area contributed by atoms with Crippen LogP contribution < -0.4 is 10.6 Å². The van der Waals surface area contributed by atoms with E-state index in [0.717, 1.165) is 25.9 Å². The van der Waals surface area contributed by atoms with Crippen LogP contribution in [0.1, 0.15) is 33.6 Å². The van der Waals surface area contributed by atoms with Crippen LogP contribution in [0.15, 0.2) is 0 Å². The van der Waals surface area contributed by atoms with E-state index in [9.17, 15) is 4.79 Å². The highest BCUT2D eigenvalue weighted by atomic mass is 16.6. The van der Waals surface area contributed by atoms with E-state index in [2.05, 4.69) is 10.6 Å². The molecule has 0 spiro atoms. The number of rotatable bonds is 3. The van der Waals surface area contributed by atoms with Gasteiger partial charge in [-0.3, -0.25) is 0 Å². The average molecular weight is 256 g/mol. The van der Waals surface area contributed by atoms with E-state index in [4.69, 9.17) is 9.47 Å². The normalized spacial score (nSPS) is 34.7. The second-order valence-corrected chi connectivity index (χ2v) is 6.53. The molecule has 1 aliphatic heterocycles. The van der Waals surface area contributed by atoms with Crippen LogP contribution in [0.3, 0.4) is 0 Å². The lowest BCUT2D eigenvalue weighted by molar-refractivity contribution is -0.0504. The molecule has 5 nitrogen and oxygen atoms in total. The summed E-state index contributed by atoms with van der Waals surface area (Å²) in [5.41, 5.74) is -0.607. The molecule has 1 aliphatic carbocycles. The van der Waals surface area contributed by atoms with Gasteiger partial charge in [0.05, 0.1) is 12.1 Å². The molecule has 2 atom stereocenters. The first-order valence-electron chi connectivity index (χ1n) is 6.53. The molecule has 0 aromatic carbocycles. The molecule has 2 N–H and O–H groups in total. The van der Waals surface area contributed by atoms with Gasteiger partial charge in [0.1, 0.15) is 5.60 Å². The number of carbonyl (C=O) groups is 1. The summed E-state index contributed by atoms with van der Waals surface area (Å²) in [5.74, 6) is 0. The van der Waals surface area contributed by atoms with Gasteiger partial charge in [-0.15, -0.1) is 0 Å². The van der Waals surface area contributed by atoms with Gasteiger partial charge in [-0.05, 0) is 33.6 Å². The first-order chi connectivity index (χ1) is 8.33. The smallest absolute Gasteiger partial charge is 0.408 e. The molecule has 2 fully saturated rings. The molecule has 104 valence electrons. The van der Waals surface area contributed by atoms with Crippen LogP contribution in [0.5, 0.6) is 0 Å². The van der Waals surface area contributed by atoms with E-state index in [1.165, 1.54) is 0 Å². The van der Waals surface area contributed by atoms with Crippen molar-refractivity contribution in [2.24, 2.45) is 5.41 Å². The zero-order valence-electron chi connectivity index (χ0n) is 11.8. The number of hydrogen-bond acceptors (Lipinski definition) is 4. The van der Waals surface area contributed by atoms with Crippen molar-refractivity contribution in [1.82, 2.24) is 10.6 Å². The van der Waals surface area contributed by atoms with Gasteiger partial charge in [-0.1, -0.05) is 0 Å². The molecule has 0 bridgehead atoms. The fraction of sp³-hybridized carbons (Fsp3) is 0.923. The second-order valence-electron chi connectivity index (χ2n) is 6.53. The Kier molecular flexibility index (Phi) is 3.32. The van der Waals surface area contributed by atoms with Crippen molar-refractivity contribution in [3.63, 3.8) is 0 Å². The molecule has 1 amide bonds. The van der Waals surface area contributed by atoms with Crippen molar-refractivity contribution >= 4 is 6.09 Å². The van der Waals surface area contributed by atoms with Gasteiger partial charge >= 0.3 is 6.09 Å². The van der Waals surface area contributed by atoms with Crippen molar-refractivity contribution in [3.8, 4) is 0 Å². The van der Waals surface area contributed by atoms with Crippen molar-refractivity contribution in [1.29, 1.82) is 0 Å². The fourth-order valence-electron chi connectivity index (χ4n) is 3.10. The second kappa shape index (κ2) is 4.38. The molecule has 0 aromatic rings. The highest BCUT2D eigenvalue weighted by molar-refractivity contribution is 5.69. The highest BCUT2D eigenvalue weighted by Gasteiger charge is 2.63. The molecule has 1 heterocycles. The first kappa shape index (κ1) is 13.6. The van der Waals surface area contributed by atoms with Crippen molar-refractivity contribution in [2.45, 2.75) is 44.8 Å². The largest absolute Gasteiger partial charge is 0.444 e. The highest BCUT2D eigenvalue weighted by Crippen LogP contribution is 2.52. The summed E-state index contributed by atoms with van der Waals surface area (Å²) >= 11 is 0. The van der Waals surface area contributed by atoms with Crippen LogP contribution in [0, 0.1) is 5.41 Å². The van der Waals surface area contributed by atoms with E-state index in [0.29, 0.717) is 6.61 Å². The SMILES string of the molecule is COC[C@]12CCC1(NC(=O)OC(C)(C)C)CNC2. The van der Waals surface area contributed by atoms with Crippen molar-refractivity contribution in [2.75, 3.05) is 26.8 Å². The predicted octanol–water partition coefficient (Wildman–Crippen LogP) is 1.28. The lowest BCUT2D eigenvalue weighted by atomic mass is 9.56. The molecular weight excluding hydrogens is 232 g/mol.